The van der Waals surface area contributed by atoms with Gasteiger partial charge in [-0.3, -0.25) is 28.7 Å². The van der Waals surface area contributed by atoms with E-state index in [1.165, 1.54) is 22.0 Å². The molecule has 0 unspecified atom stereocenters. The van der Waals surface area contributed by atoms with Crippen molar-refractivity contribution < 1.29 is 120 Å². The standard InChI is InChI=1S/C45H59N5O9S.C38H46N4O8.C7H15NO2S.BH.U/c1-10-12-20-44(21-22-44)60(55,56)49-40(53)45(26-29(45)11-2)48-38(51)35-24-31(27-50(35)39(52)37(42(3,4)5)47-41(54)59-43(6,7)8)58-36-25-33(28-16-14-13-15-17-28)46-34-23-30(57-9)18-19-32(34)36;1-9-23-20-38(23,34(45)46)41-32(43)29-18-25(21-42(29)33(44)31(36(2,3)4)40-35(47)50-37(5,6)7)49-30-19-27(22-13-11-10-12-14-22)39-28-17-24(48-8)15-16-26(28)30;1-2-3-4-7(5-6-7)11(8,9)10;;/h11,13-19,23,25,29,31,35,37H,2,10,12,20-22,24,26-27H2,1,3-9H3,(H,47,54)(H,48,51)(H,49,53);9-17,19,23,25,29,31H,1,18,20-21H2,2-8H3,(H,40,47)(H,41,43)(H,45,46);2-6H2,1H3,(H2,8,9,10);1H;/t29-,31-,35+,37-,45-;23-,25-,29+,31-,38-;;;/m11.../s1/i;;;1D;. The largest absolute Gasteiger partial charge is 0.497 e. The first-order valence-corrected chi connectivity index (χ1v) is 44.4. The Kier molecular flexibility index (Phi) is 31.0. The van der Waals surface area contributed by atoms with E-state index in [9.17, 15) is 60.3 Å². The van der Waals surface area contributed by atoms with Gasteiger partial charge in [0.05, 0.1) is 59.2 Å². The number of hydrogen-bond acceptors (Lipinski definition) is 20. The number of nitrogens with zero attached hydrogens (tertiary/aromatic N) is 4. The van der Waals surface area contributed by atoms with Crippen LogP contribution in [0.3, 0.4) is 0 Å². The number of carbonyl (C=O) groups is 8. The molecule has 33 heteroatoms. The van der Waals surface area contributed by atoms with Gasteiger partial charge in [0.2, 0.25) is 43.7 Å². The zero-order valence-electron chi connectivity index (χ0n) is 74.4. The smallest absolute Gasteiger partial charge is 0.408 e. The van der Waals surface area contributed by atoms with Gasteiger partial charge in [0.25, 0.3) is 5.91 Å². The van der Waals surface area contributed by atoms with Crippen molar-refractivity contribution in [2.45, 2.75) is 255 Å². The molecule has 6 fully saturated rings. The van der Waals surface area contributed by atoms with Gasteiger partial charge in [-0.05, 0) is 129 Å². The van der Waals surface area contributed by atoms with Crippen molar-refractivity contribution in [2.24, 2.45) is 27.8 Å². The second kappa shape index (κ2) is 39.1. The monoisotopic (exact) mass is 1960 g/mol. The van der Waals surface area contributed by atoms with Gasteiger partial charge in [0.1, 0.15) is 81.7 Å². The molecule has 2 aliphatic heterocycles. The Labute approximate surface area is 749 Å². The summed E-state index contributed by atoms with van der Waals surface area (Å²) in [6, 6.07) is 29.2. The Balaban J connectivity index is 0.000000269. The molecule has 0 bridgehead atoms. The molecule has 12 rings (SSSR count). The molecule has 29 nitrogen and oxygen atoms in total. The van der Waals surface area contributed by atoms with Crippen LogP contribution < -0.4 is 50.1 Å². The number of alkyl carbamates (subject to hydrolysis) is 2. The molecule has 2 saturated heterocycles. The number of sulfonamides is 2. The summed E-state index contributed by atoms with van der Waals surface area (Å²) < 4.78 is 90.5. The SMILES string of the molecule is C=C[C@@H]1C[C@]1(NC(=O)[C@@H]1C[C@@H](Oc2cc(-c3ccccc3)nc3cc(OC)ccc23)CN1C(=O)[C@@H](NC(=O)OC(C)(C)C)C(C)(C)C)C(=O)NS(=O)(=O)C1(CCCC)CC1.C=C[C@@H]1C[C@]1(NC(=O)[C@@H]1C[C@@H](Oc2cc(-c3ccccc3)nc3cc(OC)ccc23)CN1C(=O)[C@@H](NC(=O)OC(C)(C)C)C(C)(C)C)C(=O)O.CCCCC1(S(N)(=O)=O)CC1.[2H][B].[U]. The van der Waals surface area contributed by atoms with E-state index in [-0.39, 0.29) is 69.9 Å². The van der Waals surface area contributed by atoms with Gasteiger partial charge in [-0.1, -0.05) is 154 Å². The minimum absolute atomic E-state index is 0. The number of primary sulfonamides is 1. The maximum atomic E-state index is 14.8. The fraction of sp³-hybridized carbons (Fsp3) is 0.533. The first-order valence-electron chi connectivity index (χ1n) is 41.9. The van der Waals surface area contributed by atoms with Crippen LogP contribution in [0.4, 0.5) is 9.59 Å². The van der Waals surface area contributed by atoms with Crippen LogP contribution in [0, 0.1) is 53.8 Å². The molecule has 6 aromatic rings. The third-order valence-electron chi connectivity index (χ3n) is 23.0. The Bertz CT molecular complexity index is 5140. The van der Waals surface area contributed by atoms with Crippen LogP contribution in [0.2, 0.25) is 0 Å². The second-order valence-electron chi connectivity index (χ2n) is 36.7. The van der Waals surface area contributed by atoms with E-state index in [1.54, 1.807) is 116 Å². The van der Waals surface area contributed by atoms with Gasteiger partial charge in [0.15, 0.2) is 0 Å². The van der Waals surface area contributed by atoms with Crippen LogP contribution in [0.25, 0.3) is 44.3 Å². The summed E-state index contributed by atoms with van der Waals surface area (Å²) >= 11 is 0. The maximum Gasteiger partial charge on any atom is 0.408 e. The number of pyridine rings is 2. The van der Waals surface area contributed by atoms with Gasteiger partial charge >= 0.3 is 18.2 Å². The number of carbonyl (C=O) groups excluding carboxylic acids is 7. The first-order chi connectivity index (χ1) is 57.6. The molecule has 4 aliphatic carbocycles. The maximum absolute atomic E-state index is 14.8. The number of fused-ring (bicyclic) bond motifs is 2. The van der Waals surface area contributed by atoms with Crippen LogP contribution in [-0.4, -0.2) is 195 Å². The van der Waals surface area contributed by atoms with Gasteiger partial charge in [-0.25, -0.2) is 46.3 Å². The van der Waals surface area contributed by atoms with E-state index in [4.69, 9.17) is 44.9 Å². The van der Waals surface area contributed by atoms with Crippen LogP contribution in [-0.2, 0) is 58.3 Å². The number of aliphatic carboxylic acids is 1. The Morgan fingerprint density at radius 1 is 0.585 bits per heavy atom. The number of methoxy groups -OCH3 is 2. The number of carboxylic acid groups (broad SMARTS) is 1. The van der Waals surface area contributed by atoms with Crippen molar-refractivity contribution in [3.8, 4) is 45.5 Å². The number of rotatable bonds is 29. The number of aromatic nitrogens is 2. The molecular weight excluding hydrogens is 1840 g/mol. The number of ether oxygens (including phenoxy) is 6. The Morgan fingerprint density at radius 2 is 0.959 bits per heavy atom. The van der Waals surface area contributed by atoms with Crippen molar-refractivity contribution in [1.29, 1.82) is 1.34 Å². The van der Waals surface area contributed by atoms with Crippen LogP contribution in [0.5, 0.6) is 23.0 Å². The average Bonchev–Trinajstić information content (AvgIpc) is 1.55. The molecule has 7 amide bonds. The van der Waals surface area contributed by atoms with E-state index >= 15 is 0 Å². The minimum Gasteiger partial charge on any atom is -0.497 e. The number of unbranched alkanes of at least 4 members (excludes halogenated alkanes) is 2. The molecule has 4 heterocycles. The van der Waals surface area contributed by atoms with E-state index in [0.29, 0.717) is 81.9 Å². The molecule has 4 saturated carbocycles. The zero-order chi connectivity index (χ0) is 91.0. The second-order valence-corrected chi connectivity index (χ2v) is 40.8. The van der Waals surface area contributed by atoms with Gasteiger partial charge in [-0.2, -0.15) is 0 Å². The van der Waals surface area contributed by atoms with Gasteiger partial charge in [0, 0.05) is 110 Å². The molecule has 6 aliphatic rings. The molecule has 123 heavy (non-hydrogen) atoms. The number of amides is 7. The van der Waals surface area contributed by atoms with Gasteiger partial charge in [-0.15, -0.1) is 13.2 Å². The van der Waals surface area contributed by atoms with Gasteiger partial charge < -0.3 is 64.6 Å². The van der Waals surface area contributed by atoms with Crippen LogP contribution in [0.1, 0.15) is 187 Å². The van der Waals surface area contributed by atoms with E-state index in [1.807, 2.05) is 97.9 Å². The normalized spacial score (nSPS) is 22.1. The number of nitrogens with two attached hydrogens (primary N) is 1. The molecule has 2 radical (unpaired) electrons. The third kappa shape index (κ3) is 23.6. The summed E-state index contributed by atoms with van der Waals surface area (Å²) in [5, 5.41) is 27.5. The predicted octanol–water partition coefficient (Wildman–Crippen LogP) is 12.1. The summed E-state index contributed by atoms with van der Waals surface area (Å²) in [5.41, 5.74) is -2.14. The average molecular weight is 1960 g/mol. The van der Waals surface area contributed by atoms with Crippen LogP contribution >= 0.6 is 0 Å². The summed E-state index contributed by atoms with van der Waals surface area (Å²) in [6.45, 7) is 32.6. The summed E-state index contributed by atoms with van der Waals surface area (Å²) in [4.78, 5) is 123. The molecule has 0 spiro atoms. The van der Waals surface area contributed by atoms with Crippen molar-refractivity contribution in [3.05, 3.63) is 135 Å². The quantitative estimate of drug-likeness (QED) is 0.0169. The number of benzene rings is 4. The van der Waals surface area contributed by atoms with Crippen molar-refractivity contribution in [2.75, 3.05) is 27.3 Å². The number of likely N-dealkylation sites (tertiary alicyclic amines) is 2. The number of hydrogen-bond donors (Lipinski definition) is 7. The Hall–Kier alpha value is -9.28. The minimum atomic E-state index is -4.05. The molecule has 4 aromatic carbocycles. The van der Waals surface area contributed by atoms with E-state index < -0.39 is 159 Å². The zero-order valence-corrected chi connectivity index (χ0v) is 79.2. The molecule has 2 aromatic heterocycles. The summed E-state index contributed by atoms with van der Waals surface area (Å²) in [7, 11) is -0.420. The van der Waals surface area contributed by atoms with E-state index in [0.717, 1.165) is 49.7 Å². The Morgan fingerprint density at radius 3 is 1.28 bits per heavy atom. The predicted molar refractivity (Wildman–Crippen MR) is 468 cm³/mol. The molecule has 10 atom stereocenters. The van der Waals surface area contributed by atoms with Crippen molar-refractivity contribution >= 4 is 97.9 Å². The first kappa shape index (κ1) is 97.5. The summed E-state index contributed by atoms with van der Waals surface area (Å²) in [6.07, 6.45) is 7.61. The molecule has 664 valence electrons. The fourth-order valence-corrected chi connectivity index (χ4v) is 18.3. The molecular formula is C90H121BN10O19S2U. The van der Waals surface area contributed by atoms with Crippen molar-refractivity contribution in [3.63, 3.8) is 0 Å². The fourth-order valence-electron chi connectivity index (χ4n) is 15.5. The molecule has 8 N–H and O–H groups in total. The third-order valence-corrected chi connectivity index (χ3v) is 27.0. The summed E-state index contributed by atoms with van der Waals surface area (Å²) in [5.74, 6) is -3.22. The number of nitrogens with one attached hydrogen (secondary N) is 5. The van der Waals surface area contributed by atoms with Crippen molar-refractivity contribution in [1.82, 2.24) is 45.8 Å². The number of carboxylic acids is 1. The van der Waals surface area contributed by atoms with Crippen LogP contribution in [0.15, 0.2) is 135 Å². The van der Waals surface area contributed by atoms with E-state index in [2.05, 4.69) is 54.4 Å². The topological polar surface area (TPSA) is 399 Å².